The van der Waals surface area contributed by atoms with E-state index in [0.29, 0.717) is 11.3 Å². The van der Waals surface area contributed by atoms with Gasteiger partial charge < -0.3 is 5.73 Å². The molecule has 0 radical (unpaired) electrons. The summed E-state index contributed by atoms with van der Waals surface area (Å²) in [5.41, 5.74) is 9.61. The second-order valence-electron chi connectivity index (χ2n) is 5.83. The summed E-state index contributed by atoms with van der Waals surface area (Å²) in [6, 6.07) is 12.9. The number of nitrogens with one attached hydrogen (secondary N) is 1. The number of para-hydroxylation sites is 1. The third kappa shape index (κ3) is 3.22. The molecule has 1 amide bonds. The number of hydrogen-bond acceptors (Lipinski definition) is 3. The van der Waals surface area contributed by atoms with Gasteiger partial charge in [-0.25, -0.2) is 8.42 Å². The molecule has 2 aromatic carbocycles. The Kier molecular flexibility index (Phi) is 3.85. The molecule has 0 saturated heterocycles. The third-order valence-electron chi connectivity index (χ3n) is 4.14. The number of hydrogen-bond donors (Lipinski definition) is 2. The maximum atomic E-state index is 11.6. The van der Waals surface area contributed by atoms with Gasteiger partial charge in [-0.15, -0.1) is 0 Å². The van der Waals surface area contributed by atoms with E-state index in [1.807, 2.05) is 30.3 Å². The monoisotopic (exact) mass is 330 g/mol. The smallest absolute Gasteiger partial charge is 0.248 e. The van der Waals surface area contributed by atoms with Crippen molar-refractivity contribution in [1.82, 2.24) is 0 Å². The van der Waals surface area contributed by atoms with E-state index in [9.17, 15) is 13.2 Å². The van der Waals surface area contributed by atoms with Crippen molar-refractivity contribution in [2.24, 2.45) is 5.73 Å². The van der Waals surface area contributed by atoms with E-state index in [0.717, 1.165) is 35.8 Å². The highest BCUT2D eigenvalue weighted by atomic mass is 32.2. The van der Waals surface area contributed by atoms with Crippen LogP contribution >= 0.6 is 0 Å². The van der Waals surface area contributed by atoms with Crippen LogP contribution in [0.2, 0.25) is 0 Å². The van der Waals surface area contributed by atoms with Crippen LogP contribution in [0, 0.1) is 0 Å². The molecule has 2 aromatic rings. The Morgan fingerprint density at radius 1 is 1.17 bits per heavy atom. The Balaban J connectivity index is 2.02. The van der Waals surface area contributed by atoms with Crippen LogP contribution in [0.4, 0.5) is 5.69 Å². The molecule has 120 valence electrons. The Morgan fingerprint density at radius 3 is 2.61 bits per heavy atom. The van der Waals surface area contributed by atoms with E-state index in [-0.39, 0.29) is 5.92 Å². The summed E-state index contributed by atoms with van der Waals surface area (Å²) in [7, 11) is -3.34. The predicted octanol–water partition coefficient (Wildman–Crippen LogP) is 2.24. The number of amides is 1. The Bertz CT molecular complexity index is 875. The van der Waals surface area contributed by atoms with Crippen LogP contribution in [-0.2, 0) is 16.4 Å². The lowest BCUT2D eigenvalue weighted by atomic mass is 9.91. The number of rotatable bonds is 4. The Morgan fingerprint density at radius 2 is 1.91 bits per heavy atom. The molecule has 1 unspecified atom stereocenters. The Labute approximate surface area is 135 Å². The molecule has 0 bridgehead atoms. The van der Waals surface area contributed by atoms with Gasteiger partial charge in [0.25, 0.3) is 0 Å². The van der Waals surface area contributed by atoms with Crippen molar-refractivity contribution in [2.45, 2.75) is 18.8 Å². The fourth-order valence-electron chi connectivity index (χ4n) is 3.19. The van der Waals surface area contributed by atoms with Gasteiger partial charge >= 0.3 is 0 Å². The SMILES string of the molecule is CS(=O)(=O)Nc1ccccc1C1CCc2cc(C(N)=O)ccc21. The summed E-state index contributed by atoms with van der Waals surface area (Å²) in [5, 5.41) is 0. The van der Waals surface area contributed by atoms with E-state index >= 15 is 0 Å². The quantitative estimate of drug-likeness (QED) is 0.901. The molecule has 0 aliphatic heterocycles. The fraction of sp³-hybridized carbons (Fsp3) is 0.235. The topological polar surface area (TPSA) is 89.3 Å². The van der Waals surface area contributed by atoms with E-state index in [2.05, 4.69) is 4.72 Å². The predicted molar refractivity (Wildman–Crippen MR) is 90.0 cm³/mol. The standard InChI is InChI=1S/C17H18N2O3S/c1-23(21,22)19-16-5-3-2-4-15(16)14-9-6-11-10-12(17(18)20)7-8-13(11)14/h2-5,7-8,10,14,19H,6,9H2,1H3,(H2,18,20). The minimum atomic E-state index is -3.34. The number of carbonyl (C=O) groups is 1. The van der Waals surface area contributed by atoms with Crippen molar-refractivity contribution >= 4 is 21.6 Å². The number of benzene rings is 2. The van der Waals surface area contributed by atoms with E-state index in [1.165, 1.54) is 0 Å². The van der Waals surface area contributed by atoms with Crippen LogP contribution in [0.25, 0.3) is 0 Å². The highest BCUT2D eigenvalue weighted by molar-refractivity contribution is 7.92. The molecule has 5 nitrogen and oxygen atoms in total. The van der Waals surface area contributed by atoms with Gasteiger partial charge in [0.05, 0.1) is 11.9 Å². The average molecular weight is 330 g/mol. The molecule has 0 saturated carbocycles. The molecular weight excluding hydrogens is 312 g/mol. The molecule has 6 heteroatoms. The van der Waals surface area contributed by atoms with Crippen LogP contribution in [-0.4, -0.2) is 20.6 Å². The Hall–Kier alpha value is -2.34. The lowest BCUT2D eigenvalue weighted by Gasteiger charge is -2.17. The normalized spacial score (nSPS) is 16.8. The van der Waals surface area contributed by atoms with E-state index in [1.54, 1.807) is 12.1 Å². The molecule has 1 aliphatic carbocycles. The molecular formula is C17H18N2O3S. The van der Waals surface area contributed by atoms with Gasteiger partial charge in [-0.3, -0.25) is 9.52 Å². The number of aryl methyl sites for hydroxylation is 1. The van der Waals surface area contributed by atoms with Crippen molar-refractivity contribution in [2.75, 3.05) is 11.0 Å². The van der Waals surface area contributed by atoms with Crippen LogP contribution < -0.4 is 10.5 Å². The first kappa shape index (κ1) is 15.6. The first-order valence-electron chi connectivity index (χ1n) is 7.34. The zero-order valence-corrected chi connectivity index (χ0v) is 13.6. The molecule has 1 atom stereocenters. The average Bonchev–Trinajstić information content (AvgIpc) is 2.89. The first-order chi connectivity index (χ1) is 10.8. The summed E-state index contributed by atoms with van der Waals surface area (Å²) < 4.78 is 25.7. The van der Waals surface area contributed by atoms with Crippen molar-refractivity contribution in [3.8, 4) is 0 Å². The van der Waals surface area contributed by atoms with E-state index in [4.69, 9.17) is 5.73 Å². The van der Waals surface area contributed by atoms with Gasteiger partial charge in [0.15, 0.2) is 0 Å². The van der Waals surface area contributed by atoms with Crippen molar-refractivity contribution < 1.29 is 13.2 Å². The van der Waals surface area contributed by atoms with Gasteiger partial charge in [0, 0.05) is 11.5 Å². The van der Waals surface area contributed by atoms with Gasteiger partial charge in [0.1, 0.15) is 0 Å². The largest absolute Gasteiger partial charge is 0.366 e. The molecule has 0 heterocycles. The van der Waals surface area contributed by atoms with Crippen molar-refractivity contribution in [1.29, 1.82) is 0 Å². The maximum absolute atomic E-state index is 11.6. The summed E-state index contributed by atoms with van der Waals surface area (Å²) in [6.07, 6.45) is 2.86. The number of primary amides is 1. The third-order valence-corrected chi connectivity index (χ3v) is 4.73. The minimum Gasteiger partial charge on any atom is -0.366 e. The summed E-state index contributed by atoms with van der Waals surface area (Å²) >= 11 is 0. The van der Waals surface area contributed by atoms with E-state index < -0.39 is 15.9 Å². The molecule has 0 spiro atoms. The molecule has 0 aromatic heterocycles. The summed E-state index contributed by atoms with van der Waals surface area (Å²) in [4.78, 5) is 11.3. The second-order valence-corrected chi connectivity index (χ2v) is 7.58. The lowest BCUT2D eigenvalue weighted by molar-refractivity contribution is 0.1000. The minimum absolute atomic E-state index is 0.109. The van der Waals surface area contributed by atoms with Crippen LogP contribution in [0.5, 0.6) is 0 Å². The highest BCUT2D eigenvalue weighted by Crippen LogP contribution is 2.41. The molecule has 3 rings (SSSR count). The van der Waals surface area contributed by atoms with Crippen molar-refractivity contribution in [3.05, 3.63) is 64.7 Å². The highest BCUT2D eigenvalue weighted by Gasteiger charge is 2.26. The summed E-state index contributed by atoms with van der Waals surface area (Å²) in [6.45, 7) is 0. The van der Waals surface area contributed by atoms with Gasteiger partial charge in [-0.2, -0.15) is 0 Å². The van der Waals surface area contributed by atoms with Crippen LogP contribution in [0.1, 0.15) is 39.4 Å². The molecule has 3 N–H and O–H groups in total. The number of anilines is 1. The van der Waals surface area contributed by atoms with Gasteiger partial charge in [-0.05, 0) is 47.7 Å². The van der Waals surface area contributed by atoms with Gasteiger partial charge in [-0.1, -0.05) is 24.3 Å². The van der Waals surface area contributed by atoms with Crippen LogP contribution in [0.3, 0.4) is 0 Å². The molecule has 23 heavy (non-hydrogen) atoms. The number of fused-ring (bicyclic) bond motifs is 1. The fourth-order valence-corrected chi connectivity index (χ4v) is 3.77. The second kappa shape index (κ2) is 5.70. The lowest BCUT2D eigenvalue weighted by Crippen LogP contribution is -2.13. The van der Waals surface area contributed by atoms with Crippen molar-refractivity contribution in [3.63, 3.8) is 0 Å². The van der Waals surface area contributed by atoms with Crippen LogP contribution in [0.15, 0.2) is 42.5 Å². The summed E-state index contributed by atoms with van der Waals surface area (Å²) in [5.74, 6) is -0.326. The molecule has 1 aliphatic rings. The van der Waals surface area contributed by atoms with Gasteiger partial charge in [0.2, 0.25) is 15.9 Å². The zero-order chi connectivity index (χ0) is 16.6. The first-order valence-corrected chi connectivity index (χ1v) is 9.23. The number of sulfonamides is 1. The maximum Gasteiger partial charge on any atom is 0.248 e. The zero-order valence-electron chi connectivity index (χ0n) is 12.7. The number of carbonyl (C=O) groups excluding carboxylic acids is 1. The molecule has 0 fully saturated rings. The number of nitrogens with two attached hydrogens (primary N) is 1.